The minimum atomic E-state index is -0.268. The van der Waals surface area contributed by atoms with Crippen LogP contribution >= 0.6 is 0 Å². The minimum Gasteiger partial charge on any atom is -0.320 e. The number of nitrogens with zero attached hydrogens (tertiary/aromatic N) is 2. The fourth-order valence-corrected chi connectivity index (χ4v) is 1.65. The molecule has 100 valence electrons. The maximum absolute atomic E-state index is 12.3. The zero-order valence-electron chi connectivity index (χ0n) is 11.1. The zero-order valence-corrected chi connectivity index (χ0v) is 11.1. The highest BCUT2D eigenvalue weighted by molar-refractivity contribution is 6.05. The number of hydrogen-bond donors (Lipinski definition) is 2. The Morgan fingerprint density at radius 3 is 2.95 bits per heavy atom. The molecule has 1 aromatic carbocycles. The van der Waals surface area contributed by atoms with Gasteiger partial charge in [-0.1, -0.05) is 23.5 Å². The molecule has 0 saturated carbocycles. The molecule has 2 aromatic rings. The van der Waals surface area contributed by atoms with E-state index in [-0.39, 0.29) is 12.5 Å². The Kier molecular flexibility index (Phi) is 4.43. The molecule has 0 saturated heterocycles. The molecule has 2 rings (SSSR count). The van der Waals surface area contributed by atoms with Crippen LogP contribution in [0.2, 0.25) is 0 Å². The average molecular weight is 266 g/mol. The van der Waals surface area contributed by atoms with Crippen molar-refractivity contribution in [3.05, 3.63) is 53.2 Å². The molecule has 0 radical (unpaired) electrons. The van der Waals surface area contributed by atoms with Crippen molar-refractivity contribution in [3.63, 3.8) is 0 Å². The number of benzene rings is 1. The summed E-state index contributed by atoms with van der Waals surface area (Å²) in [5.41, 5.74) is 7.48. The third-order valence-electron chi connectivity index (χ3n) is 2.56. The van der Waals surface area contributed by atoms with Crippen LogP contribution in [0.25, 0.3) is 0 Å². The number of hydrogen-bond acceptors (Lipinski definition) is 4. The van der Waals surface area contributed by atoms with E-state index >= 15 is 0 Å². The number of aryl methyl sites for hydroxylation is 1. The Balaban J connectivity index is 2.31. The minimum absolute atomic E-state index is 0.249. The Labute approximate surface area is 117 Å². The highest BCUT2D eigenvalue weighted by Gasteiger charge is 2.11. The Bertz CT molecular complexity index is 671. The molecule has 20 heavy (non-hydrogen) atoms. The fraction of sp³-hybridized carbons (Fsp3) is 0.133. The number of rotatable bonds is 2. The third-order valence-corrected chi connectivity index (χ3v) is 2.56. The van der Waals surface area contributed by atoms with Gasteiger partial charge < -0.3 is 11.1 Å². The molecule has 0 spiro atoms. The van der Waals surface area contributed by atoms with Gasteiger partial charge in [-0.05, 0) is 31.2 Å². The van der Waals surface area contributed by atoms with Crippen LogP contribution in [-0.4, -0.2) is 22.6 Å². The van der Waals surface area contributed by atoms with Gasteiger partial charge in [0.15, 0.2) is 5.82 Å². The Morgan fingerprint density at radius 2 is 2.25 bits per heavy atom. The predicted molar refractivity (Wildman–Crippen MR) is 77.1 cm³/mol. The van der Waals surface area contributed by atoms with Crippen LogP contribution in [0.3, 0.4) is 0 Å². The second kappa shape index (κ2) is 6.45. The van der Waals surface area contributed by atoms with Gasteiger partial charge in [0.1, 0.15) is 0 Å². The van der Waals surface area contributed by atoms with Crippen molar-refractivity contribution >= 4 is 11.7 Å². The first-order chi connectivity index (χ1) is 9.70. The summed E-state index contributed by atoms with van der Waals surface area (Å²) in [6, 6.07) is 8.87. The van der Waals surface area contributed by atoms with Crippen molar-refractivity contribution in [1.29, 1.82) is 0 Å². The lowest BCUT2D eigenvalue weighted by Gasteiger charge is -2.06. The molecular weight excluding hydrogens is 252 g/mol. The van der Waals surface area contributed by atoms with Gasteiger partial charge in [0.25, 0.3) is 5.91 Å². The quantitative estimate of drug-likeness (QED) is 0.804. The second-order valence-electron chi connectivity index (χ2n) is 4.12. The lowest BCUT2D eigenvalue weighted by atomic mass is 10.0. The van der Waals surface area contributed by atoms with Crippen LogP contribution in [0.5, 0.6) is 0 Å². The Hall–Kier alpha value is -2.71. The molecule has 1 amide bonds. The summed E-state index contributed by atoms with van der Waals surface area (Å²) in [5.74, 6) is 5.78. The van der Waals surface area contributed by atoms with Crippen molar-refractivity contribution in [1.82, 2.24) is 10.2 Å². The summed E-state index contributed by atoms with van der Waals surface area (Å²) in [5, 5.41) is 10.2. The van der Waals surface area contributed by atoms with Gasteiger partial charge in [0, 0.05) is 11.8 Å². The fourth-order valence-electron chi connectivity index (χ4n) is 1.65. The van der Waals surface area contributed by atoms with Crippen LogP contribution in [0.4, 0.5) is 5.82 Å². The van der Waals surface area contributed by atoms with Crippen molar-refractivity contribution in [2.24, 2.45) is 5.73 Å². The average Bonchev–Trinajstić information content (AvgIpc) is 2.47. The summed E-state index contributed by atoms with van der Waals surface area (Å²) in [6.45, 7) is 2.17. The van der Waals surface area contributed by atoms with E-state index in [4.69, 9.17) is 5.73 Å². The normalized spacial score (nSPS) is 9.50. The zero-order chi connectivity index (χ0) is 14.4. The van der Waals surface area contributed by atoms with Crippen LogP contribution in [0.1, 0.15) is 21.5 Å². The van der Waals surface area contributed by atoms with Gasteiger partial charge in [0.05, 0.1) is 12.1 Å². The van der Waals surface area contributed by atoms with Gasteiger partial charge in [-0.15, -0.1) is 5.10 Å². The summed E-state index contributed by atoms with van der Waals surface area (Å²) in [4.78, 5) is 12.3. The molecule has 1 heterocycles. The maximum atomic E-state index is 12.3. The number of nitrogens with one attached hydrogen (secondary N) is 1. The van der Waals surface area contributed by atoms with Gasteiger partial charge in [-0.3, -0.25) is 4.79 Å². The van der Waals surface area contributed by atoms with Crippen molar-refractivity contribution in [2.75, 3.05) is 11.9 Å². The number of carbonyl (C=O) groups is 1. The number of carbonyl (C=O) groups excluding carboxylic acids is 1. The molecule has 0 atom stereocenters. The van der Waals surface area contributed by atoms with Crippen LogP contribution in [-0.2, 0) is 0 Å². The topological polar surface area (TPSA) is 80.9 Å². The van der Waals surface area contributed by atoms with E-state index in [1.54, 1.807) is 24.4 Å². The number of aromatic nitrogens is 2. The summed E-state index contributed by atoms with van der Waals surface area (Å²) in [7, 11) is 0. The first kappa shape index (κ1) is 13.7. The van der Waals surface area contributed by atoms with E-state index in [1.165, 1.54) is 0 Å². The standard InChI is InChI=1S/C15H14N4O/c1-11-6-7-12(4-2-8-16)13(10-11)15(20)18-14-5-3-9-17-19-14/h3,5-7,9-10H,8,16H2,1H3,(H,18,19,20). The smallest absolute Gasteiger partial charge is 0.258 e. The van der Waals surface area contributed by atoms with E-state index in [9.17, 15) is 4.79 Å². The van der Waals surface area contributed by atoms with E-state index in [1.807, 2.05) is 19.1 Å². The molecule has 0 aliphatic carbocycles. The van der Waals surface area contributed by atoms with Crippen LogP contribution in [0, 0.1) is 18.8 Å². The van der Waals surface area contributed by atoms with Gasteiger partial charge in [-0.25, -0.2) is 0 Å². The van der Waals surface area contributed by atoms with Crippen LogP contribution in [0.15, 0.2) is 36.5 Å². The molecule has 3 N–H and O–H groups in total. The first-order valence-corrected chi connectivity index (χ1v) is 6.09. The molecular formula is C15H14N4O. The summed E-state index contributed by atoms with van der Waals surface area (Å²) >= 11 is 0. The van der Waals surface area contributed by atoms with E-state index in [0.717, 1.165) is 5.56 Å². The lowest BCUT2D eigenvalue weighted by Crippen LogP contribution is -2.15. The van der Waals surface area contributed by atoms with Crippen molar-refractivity contribution in [2.45, 2.75) is 6.92 Å². The molecule has 5 nitrogen and oxygen atoms in total. The highest BCUT2D eigenvalue weighted by Crippen LogP contribution is 2.13. The summed E-state index contributed by atoms with van der Waals surface area (Å²) < 4.78 is 0. The maximum Gasteiger partial charge on any atom is 0.258 e. The van der Waals surface area contributed by atoms with E-state index in [0.29, 0.717) is 16.9 Å². The van der Waals surface area contributed by atoms with Gasteiger partial charge in [-0.2, -0.15) is 5.10 Å². The van der Waals surface area contributed by atoms with Crippen LogP contribution < -0.4 is 11.1 Å². The SMILES string of the molecule is Cc1ccc(C#CCN)c(C(=O)Nc2cccnn2)c1. The molecule has 1 aromatic heterocycles. The lowest BCUT2D eigenvalue weighted by molar-refractivity contribution is 0.102. The molecule has 0 aliphatic rings. The predicted octanol–water partition coefficient (Wildman–Crippen LogP) is 1.35. The van der Waals surface area contributed by atoms with Crippen molar-refractivity contribution < 1.29 is 4.79 Å². The monoisotopic (exact) mass is 266 g/mol. The molecule has 0 aliphatic heterocycles. The number of anilines is 1. The summed E-state index contributed by atoms with van der Waals surface area (Å²) in [6.07, 6.45) is 1.54. The number of nitrogens with two attached hydrogens (primary N) is 1. The molecule has 0 fully saturated rings. The second-order valence-corrected chi connectivity index (χ2v) is 4.12. The molecule has 0 bridgehead atoms. The molecule has 0 unspecified atom stereocenters. The largest absolute Gasteiger partial charge is 0.320 e. The van der Waals surface area contributed by atoms with Gasteiger partial charge >= 0.3 is 0 Å². The van der Waals surface area contributed by atoms with E-state index in [2.05, 4.69) is 27.4 Å². The first-order valence-electron chi connectivity index (χ1n) is 6.09. The number of amides is 1. The third kappa shape index (κ3) is 3.40. The Morgan fingerprint density at radius 1 is 1.40 bits per heavy atom. The molecule has 5 heteroatoms. The van der Waals surface area contributed by atoms with Crippen molar-refractivity contribution in [3.8, 4) is 11.8 Å². The van der Waals surface area contributed by atoms with E-state index < -0.39 is 0 Å². The highest BCUT2D eigenvalue weighted by atomic mass is 16.1. The van der Waals surface area contributed by atoms with Gasteiger partial charge in [0.2, 0.25) is 0 Å².